The van der Waals surface area contributed by atoms with Crippen LogP contribution in [0.3, 0.4) is 0 Å². The van der Waals surface area contributed by atoms with Gasteiger partial charge >= 0.3 is 0 Å². The van der Waals surface area contributed by atoms with Gasteiger partial charge in [-0.2, -0.15) is 0 Å². The van der Waals surface area contributed by atoms with Crippen LogP contribution in [0.1, 0.15) is 24.6 Å². The molecule has 104 valence electrons. The van der Waals surface area contributed by atoms with E-state index in [9.17, 15) is 4.79 Å². The van der Waals surface area contributed by atoms with Crippen molar-refractivity contribution >= 4 is 16.7 Å². The third-order valence-corrected chi connectivity index (χ3v) is 3.99. The zero-order chi connectivity index (χ0) is 14.1. The monoisotopic (exact) mass is 270 g/mol. The lowest BCUT2D eigenvalue weighted by atomic mass is 10.1. The van der Waals surface area contributed by atoms with Gasteiger partial charge in [-0.25, -0.2) is 0 Å². The van der Waals surface area contributed by atoms with E-state index in [4.69, 9.17) is 11.5 Å². The molecule has 1 aromatic carbocycles. The fraction of sp³-hybridized carbons (Fsp3) is 0.333. The summed E-state index contributed by atoms with van der Waals surface area (Å²) in [6.45, 7) is 0.809. The van der Waals surface area contributed by atoms with Crippen LogP contribution in [0.2, 0.25) is 0 Å². The molecule has 0 bridgehead atoms. The summed E-state index contributed by atoms with van der Waals surface area (Å²) in [5.74, 6) is -0.289. The number of fused-ring (bicyclic) bond motifs is 1. The van der Waals surface area contributed by atoms with Gasteiger partial charge in [-0.3, -0.25) is 14.7 Å². The molecule has 3 rings (SSSR count). The first kappa shape index (κ1) is 13.0. The number of hydrogen-bond acceptors (Lipinski definition) is 4. The highest BCUT2D eigenvalue weighted by Gasteiger charge is 2.33. The highest BCUT2D eigenvalue weighted by molar-refractivity contribution is 5.82. The molecule has 4 N–H and O–H groups in total. The average molecular weight is 270 g/mol. The Balaban J connectivity index is 1.91. The highest BCUT2D eigenvalue weighted by atomic mass is 16.1. The van der Waals surface area contributed by atoms with Gasteiger partial charge in [0.25, 0.3) is 0 Å². The van der Waals surface area contributed by atoms with Gasteiger partial charge in [-0.1, -0.05) is 12.1 Å². The number of primary amides is 1. The molecule has 1 aliphatic rings. The molecule has 0 saturated carbocycles. The van der Waals surface area contributed by atoms with Crippen molar-refractivity contribution in [2.24, 2.45) is 11.5 Å². The van der Waals surface area contributed by atoms with Gasteiger partial charge in [0, 0.05) is 24.3 Å². The van der Waals surface area contributed by atoms with Crippen molar-refractivity contribution in [2.45, 2.75) is 25.0 Å². The van der Waals surface area contributed by atoms with Crippen LogP contribution >= 0.6 is 0 Å². The second-order valence-electron chi connectivity index (χ2n) is 5.23. The number of carbonyl (C=O) groups excluding carboxylic acids is 1. The van der Waals surface area contributed by atoms with Crippen LogP contribution in [0.25, 0.3) is 10.8 Å². The quantitative estimate of drug-likeness (QED) is 0.876. The lowest BCUT2D eigenvalue weighted by Crippen LogP contribution is -2.45. The molecule has 1 unspecified atom stereocenters. The number of amides is 1. The fourth-order valence-electron chi connectivity index (χ4n) is 2.90. The van der Waals surface area contributed by atoms with Gasteiger partial charge in [0.1, 0.15) is 0 Å². The molecule has 5 nitrogen and oxygen atoms in total. The fourth-order valence-corrected chi connectivity index (χ4v) is 2.90. The molecule has 1 amide bonds. The maximum absolute atomic E-state index is 11.5. The van der Waals surface area contributed by atoms with Crippen molar-refractivity contribution in [3.63, 3.8) is 0 Å². The van der Waals surface area contributed by atoms with E-state index >= 15 is 0 Å². The Morgan fingerprint density at radius 2 is 2.20 bits per heavy atom. The Bertz CT molecular complexity index is 643. The second kappa shape index (κ2) is 5.19. The zero-order valence-corrected chi connectivity index (χ0v) is 11.2. The number of nitrogens with two attached hydrogens (primary N) is 2. The van der Waals surface area contributed by atoms with Crippen LogP contribution in [0, 0.1) is 0 Å². The molecule has 1 aromatic heterocycles. The molecule has 2 heterocycles. The van der Waals surface area contributed by atoms with Crippen molar-refractivity contribution in [1.82, 2.24) is 9.88 Å². The normalized spacial score (nSPS) is 21.1. The third-order valence-electron chi connectivity index (χ3n) is 3.99. The third kappa shape index (κ3) is 2.26. The van der Waals surface area contributed by atoms with E-state index in [0.717, 1.165) is 35.7 Å². The van der Waals surface area contributed by atoms with Gasteiger partial charge in [0.2, 0.25) is 5.91 Å². The Morgan fingerprint density at radius 1 is 1.35 bits per heavy atom. The number of likely N-dealkylation sites (tertiary alicyclic amines) is 1. The van der Waals surface area contributed by atoms with Gasteiger partial charge in [0.15, 0.2) is 0 Å². The first-order valence-corrected chi connectivity index (χ1v) is 6.81. The van der Waals surface area contributed by atoms with Crippen LogP contribution in [-0.4, -0.2) is 28.4 Å². The molecule has 1 aliphatic heterocycles. The molecule has 5 heteroatoms. The summed E-state index contributed by atoms with van der Waals surface area (Å²) in [6, 6.07) is 7.76. The number of carbonyl (C=O) groups is 1. The molecule has 2 aromatic rings. The predicted octanol–water partition coefficient (Wildman–Crippen LogP) is 1.14. The molecule has 1 saturated heterocycles. The summed E-state index contributed by atoms with van der Waals surface area (Å²) < 4.78 is 0. The summed E-state index contributed by atoms with van der Waals surface area (Å²) in [4.78, 5) is 17.6. The molecule has 0 spiro atoms. The van der Waals surface area contributed by atoms with Crippen molar-refractivity contribution < 1.29 is 4.79 Å². The average Bonchev–Trinajstić information content (AvgIpc) is 2.95. The SMILES string of the molecule is NC(=O)[C@@H]1CCCN1C(N)c1ccc2cnccc2c1. The Morgan fingerprint density at radius 3 is 3.00 bits per heavy atom. The molecule has 20 heavy (non-hydrogen) atoms. The number of benzene rings is 1. The maximum atomic E-state index is 11.5. The number of hydrogen-bond donors (Lipinski definition) is 2. The number of nitrogens with zero attached hydrogens (tertiary/aromatic N) is 2. The van der Waals surface area contributed by atoms with Crippen LogP contribution in [0.4, 0.5) is 0 Å². The van der Waals surface area contributed by atoms with E-state index in [0.29, 0.717) is 0 Å². The van der Waals surface area contributed by atoms with E-state index < -0.39 is 0 Å². The molecule has 0 radical (unpaired) electrons. The molecule has 2 atom stereocenters. The minimum Gasteiger partial charge on any atom is -0.368 e. The van der Waals surface area contributed by atoms with Gasteiger partial charge in [0.05, 0.1) is 12.2 Å². The summed E-state index contributed by atoms with van der Waals surface area (Å²) >= 11 is 0. The van der Waals surface area contributed by atoms with Crippen molar-refractivity contribution in [2.75, 3.05) is 6.54 Å². The van der Waals surface area contributed by atoms with Crippen molar-refractivity contribution in [1.29, 1.82) is 0 Å². The first-order chi connectivity index (χ1) is 9.66. The number of rotatable bonds is 3. The Kier molecular flexibility index (Phi) is 3.38. The lowest BCUT2D eigenvalue weighted by molar-refractivity contribution is -0.123. The van der Waals surface area contributed by atoms with Crippen LogP contribution in [-0.2, 0) is 4.79 Å². The van der Waals surface area contributed by atoms with Gasteiger partial charge in [-0.05, 0) is 35.9 Å². The van der Waals surface area contributed by atoms with Gasteiger partial charge in [-0.15, -0.1) is 0 Å². The number of pyridine rings is 1. The Labute approximate surface area is 117 Å². The van der Waals surface area contributed by atoms with Crippen molar-refractivity contribution in [3.8, 4) is 0 Å². The maximum Gasteiger partial charge on any atom is 0.234 e. The smallest absolute Gasteiger partial charge is 0.234 e. The largest absolute Gasteiger partial charge is 0.368 e. The summed E-state index contributed by atoms with van der Waals surface area (Å²) in [7, 11) is 0. The molecular weight excluding hydrogens is 252 g/mol. The minimum absolute atomic E-state index is 0.252. The molecular formula is C15H18N4O. The van der Waals surface area contributed by atoms with Crippen LogP contribution < -0.4 is 11.5 Å². The highest BCUT2D eigenvalue weighted by Crippen LogP contribution is 2.27. The Hall–Kier alpha value is -1.98. The second-order valence-corrected chi connectivity index (χ2v) is 5.23. The predicted molar refractivity (Wildman–Crippen MR) is 77.6 cm³/mol. The van der Waals surface area contributed by atoms with E-state index in [1.54, 1.807) is 6.20 Å². The topological polar surface area (TPSA) is 85.2 Å². The van der Waals surface area contributed by atoms with E-state index in [-0.39, 0.29) is 18.1 Å². The summed E-state index contributed by atoms with van der Waals surface area (Å²) in [5, 5.41) is 2.18. The summed E-state index contributed by atoms with van der Waals surface area (Å²) in [5.41, 5.74) is 12.8. The minimum atomic E-state index is -0.299. The standard InChI is InChI=1S/C15H18N4O/c16-14(19-7-1-2-13(19)15(17)20)11-3-4-12-9-18-6-5-10(12)8-11/h3-6,8-9,13-14H,1-2,7,16H2,(H2,17,20)/t13-,14?/m0/s1. The van der Waals surface area contributed by atoms with Crippen LogP contribution in [0.15, 0.2) is 36.7 Å². The summed E-state index contributed by atoms with van der Waals surface area (Å²) in [6.07, 6.45) is 5.04. The van der Waals surface area contributed by atoms with Crippen molar-refractivity contribution in [3.05, 3.63) is 42.2 Å². The first-order valence-electron chi connectivity index (χ1n) is 6.81. The zero-order valence-electron chi connectivity index (χ0n) is 11.2. The van der Waals surface area contributed by atoms with Crippen LogP contribution in [0.5, 0.6) is 0 Å². The van der Waals surface area contributed by atoms with E-state index in [1.165, 1.54) is 0 Å². The van der Waals surface area contributed by atoms with E-state index in [2.05, 4.69) is 11.1 Å². The molecule has 0 aliphatic carbocycles. The van der Waals surface area contributed by atoms with Gasteiger partial charge < -0.3 is 11.5 Å². The van der Waals surface area contributed by atoms with E-state index in [1.807, 2.05) is 29.3 Å². The molecule has 1 fully saturated rings. The lowest BCUT2D eigenvalue weighted by Gasteiger charge is -2.29. The number of aromatic nitrogens is 1.